The maximum atomic E-state index is 4.82. The van der Waals surface area contributed by atoms with Gasteiger partial charge in [0.25, 0.3) is 0 Å². The van der Waals surface area contributed by atoms with Gasteiger partial charge >= 0.3 is 0 Å². The van der Waals surface area contributed by atoms with Crippen molar-refractivity contribution in [2.24, 2.45) is 0 Å². The van der Waals surface area contributed by atoms with Gasteiger partial charge in [-0.25, -0.2) is 0 Å². The summed E-state index contributed by atoms with van der Waals surface area (Å²) in [5.41, 5.74) is 5.24. The van der Waals surface area contributed by atoms with Crippen LogP contribution >= 0.6 is 22.6 Å². The number of nitrogens with zero attached hydrogens (tertiary/aromatic N) is 1. The molecule has 1 aliphatic rings. The number of fused-ring (bicyclic) bond motifs is 2. The van der Waals surface area contributed by atoms with Crippen LogP contribution in [0.1, 0.15) is 31.0 Å². The first-order valence-corrected chi connectivity index (χ1v) is 7.72. The molecule has 0 bridgehead atoms. The summed E-state index contributed by atoms with van der Waals surface area (Å²) in [7, 11) is 0. The van der Waals surface area contributed by atoms with Crippen molar-refractivity contribution in [3.8, 4) is 0 Å². The SMILES string of the molecule is CCCNc1c2c(nc3ccc(I)cc13)CCC2. The van der Waals surface area contributed by atoms with Crippen molar-refractivity contribution < 1.29 is 0 Å². The van der Waals surface area contributed by atoms with Crippen LogP contribution in [-0.4, -0.2) is 11.5 Å². The highest BCUT2D eigenvalue weighted by atomic mass is 127. The second kappa shape index (κ2) is 5.03. The van der Waals surface area contributed by atoms with Crippen LogP contribution in [0.2, 0.25) is 0 Å². The molecule has 0 amide bonds. The lowest BCUT2D eigenvalue weighted by Gasteiger charge is -2.14. The van der Waals surface area contributed by atoms with E-state index >= 15 is 0 Å². The molecule has 0 saturated heterocycles. The summed E-state index contributed by atoms with van der Waals surface area (Å²) in [5, 5.41) is 4.91. The number of hydrogen-bond donors (Lipinski definition) is 1. The van der Waals surface area contributed by atoms with Gasteiger partial charge in [0.05, 0.1) is 5.52 Å². The molecule has 1 aliphatic carbocycles. The second-order valence-corrected chi connectivity index (χ2v) is 6.10. The average Bonchev–Trinajstić information content (AvgIpc) is 2.82. The molecule has 1 aromatic carbocycles. The maximum Gasteiger partial charge on any atom is 0.0727 e. The molecule has 2 nitrogen and oxygen atoms in total. The fraction of sp³-hybridized carbons (Fsp3) is 0.400. The number of aromatic nitrogens is 1. The number of nitrogens with one attached hydrogen (secondary N) is 1. The number of rotatable bonds is 3. The van der Waals surface area contributed by atoms with Crippen LogP contribution < -0.4 is 5.32 Å². The Bertz CT molecular complexity index is 593. The third kappa shape index (κ3) is 2.09. The molecule has 18 heavy (non-hydrogen) atoms. The Morgan fingerprint density at radius 3 is 3.06 bits per heavy atom. The number of hydrogen-bond acceptors (Lipinski definition) is 2. The largest absolute Gasteiger partial charge is 0.384 e. The van der Waals surface area contributed by atoms with E-state index in [0.717, 1.165) is 24.9 Å². The molecule has 0 atom stereocenters. The van der Waals surface area contributed by atoms with Gasteiger partial charge in [0.1, 0.15) is 0 Å². The van der Waals surface area contributed by atoms with E-state index in [-0.39, 0.29) is 0 Å². The predicted molar refractivity (Wildman–Crippen MR) is 85.3 cm³/mol. The van der Waals surface area contributed by atoms with E-state index in [0.29, 0.717) is 0 Å². The number of benzene rings is 1. The van der Waals surface area contributed by atoms with E-state index in [1.165, 1.54) is 38.7 Å². The van der Waals surface area contributed by atoms with E-state index in [1.807, 2.05) is 0 Å². The molecule has 0 aliphatic heterocycles. The molecule has 3 heteroatoms. The zero-order valence-corrected chi connectivity index (χ0v) is 12.8. The highest BCUT2D eigenvalue weighted by Gasteiger charge is 2.19. The monoisotopic (exact) mass is 352 g/mol. The van der Waals surface area contributed by atoms with Crippen molar-refractivity contribution in [1.82, 2.24) is 4.98 Å². The van der Waals surface area contributed by atoms with Gasteiger partial charge in [0, 0.05) is 26.9 Å². The lowest BCUT2D eigenvalue weighted by Crippen LogP contribution is -2.05. The third-order valence-electron chi connectivity index (χ3n) is 3.53. The number of aryl methyl sites for hydroxylation is 1. The summed E-state index contributed by atoms with van der Waals surface area (Å²) in [6, 6.07) is 6.53. The first-order chi connectivity index (χ1) is 8.79. The van der Waals surface area contributed by atoms with Crippen molar-refractivity contribution >= 4 is 39.2 Å². The topological polar surface area (TPSA) is 24.9 Å². The van der Waals surface area contributed by atoms with E-state index in [1.54, 1.807) is 0 Å². The van der Waals surface area contributed by atoms with Crippen LogP contribution in [0.4, 0.5) is 5.69 Å². The third-order valence-corrected chi connectivity index (χ3v) is 4.20. The normalized spacial score (nSPS) is 13.9. The van der Waals surface area contributed by atoms with Crippen LogP contribution in [0.5, 0.6) is 0 Å². The van der Waals surface area contributed by atoms with Crippen LogP contribution in [0.3, 0.4) is 0 Å². The van der Waals surface area contributed by atoms with Crippen molar-refractivity contribution in [1.29, 1.82) is 0 Å². The zero-order chi connectivity index (χ0) is 12.5. The Labute approximate surface area is 121 Å². The summed E-state index contributed by atoms with van der Waals surface area (Å²) in [5.74, 6) is 0. The summed E-state index contributed by atoms with van der Waals surface area (Å²) < 4.78 is 1.28. The molecule has 1 heterocycles. The predicted octanol–water partition coefficient (Wildman–Crippen LogP) is 4.15. The van der Waals surface area contributed by atoms with E-state index in [2.05, 4.69) is 53.0 Å². The van der Waals surface area contributed by atoms with Gasteiger partial charge in [-0.2, -0.15) is 0 Å². The molecule has 1 aromatic heterocycles. The van der Waals surface area contributed by atoms with Crippen LogP contribution in [-0.2, 0) is 12.8 Å². The van der Waals surface area contributed by atoms with Gasteiger partial charge in [-0.15, -0.1) is 0 Å². The summed E-state index contributed by atoms with van der Waals surface area (Å²) in [6.45, 7) is 3.25. The quantitative estimate of drug-likeness (QED) is 0.840. The van der Waals surface area contributed by atoms with Gasteiger partial charge in [-0.3, -0.25) is 4.98 Å². The molecule has 0 fully saturated rings. The number of anilines is 1. The van der Waals surface area contributed by atoms with Crippen molar-refractivity contribution in [2.45, 2.75) is 32.6 Å². The summed E-state index contributed by atoms with van der Waals surface area (Å²) in [4.78, 5) is 4.82. The smallest absolute Gasteiger partial charge is 0.0727 e. The van der Waals surface area contributed by atoms with Crippen molar-refractivity contribution in [3.05, 3.63) is 33.0 Å². The number of halogens is 1. The van der Waals surface area contributed by atoms with Crippen LogP contribution in [0.15, 0.2) is 18.2 Å². The lowest BCUT2D eigenvalue weighted by molar-refractivity contribution is 0.900. The maximum absolute atomic E-state index is 4.82. The van der Waals surface area contributed by atoms with Crippen molar-refractivity contribution in [3.63, 3.8) is 0 Å². The zero-order valence-electron chi connectivity index (χ0n) is 10.6. The highest BCUT2D eigenvalue weighted by Crippen LogP contribution is 2.34. The van der Waals surface area contributed by atoms with E-state index in [4.69, 9.17) is 4.98 Å². The molecule has 1 N–H and O–H groups in total. The summed E-state index contributed by atoms with van der Waals surface area (Å²) in [6.07, 6.45) is 4.72. The fourth-order valence-corrected chi connectivity index (χ4v) is 3.18. The molecule has 0 spiro atoms. The molecular weight excluding hydrogens is 335 g/mol. The second-order valence-electron chi connectivity index (χ2n) is 4.85. The molecule has 94 valence electrons. The Hall–Kier alpha value is -0.840. The first-order valence-electron chi connectivity index (χ1n) is 6.64. The average molecular weight is 352 g/mol. The van der Waals surface area contributed by atoms with Crippen molar-refractivity contribution in [2.75, 3.05) is 11.9 Å². The molecule has 2 aromatic rings. The number of pyridine rings is 1. The Balaban J connectivity index is 2.22. The molecule has 0 saturated carbocycles. The van der Waals surface area contributed by atoms with E-state index < -0.39 is 0 Å². The fourth-order valence-electron chi connectivity index (χ4n) is 2.69. The lowest BCUT2D eigenvalue weighted by atomic mass is 10.1. The Morgan fingerprint density at radius 2 is 2.22 bits per heavy atom. The Kier molecular flexibility index (Phi) is 3.41. The first kappa shape index (κ1) is 12.2. The van der Waals surface area contributed by atoms with E-state index in [9.17, 15) is 0 Å². The minimum atomic E-state index is 1.04. The summed E-state index contributed by atoms with van der Waals surface area (Å²) >= 11 is 2.37. The van der Waals surface area contributed by atoms with Gasteiger partial charge in [0.2, 0.25) is 0 Å². The minimum Gasteiger partial charge on any atom is -0.384 e. The standard InChI is InChI=1S/C15H17IN2/c1-2-8-17-15-11-4-3-5-13(11)18-14-7-6-10(16)9-12(14)15/h6-7,9H,2-5,8H2,1H3,(H,17,18). The van der Waals surface area contributed by atoms with Gasteiger partial charge < -0.3 is 5.32 Å². The van der Waals surface area contributed by atoms with Gasteiger partial charge in [0.15, 0.2) is 0 Å². The van der Waals surface area contributed by atoms with Crippen LogP contribution in [0, 0.1) is 3.57 Å². The molecule has 3 rings (SSSR count). The minimum absolute atomic E-state index is 1.04. The molecular formula is C15H17IN2. The Morgan fingerprint density at radius 1 is 1.33 bits per heavy atom. The highest BCUT2D eigenvalue weighted by molar-refractivity contribution is 14.1. The van der Waals surface area contributed by atoms with Crippen LogP contribution in [0.25, 0.3) is 10.9 Å². The van der Waals surface area contributed by atoms with Gasteiger partial charge in [-0.05, 0) is 72.0 Å². The molecule has 0 radical (unpaired) electrons. The van der Waals surface area contributed by atoms with Gasteiger partial charge in [-0.1, -0.05) is 6.92 Å². The molecule has 0 unspecified atom stereocenters.